The van der Waals surface area contributed by atoms with E-state index in [1.54, 1.807) is 6.07 Å². The van der Waals surface area contributed by atoms with Crippen molar-refractivity contribution in [3.8, 4) is 0 Å². The van der Waals surface area contributed by atoms with E-state index in [1.807, 2.05) is 13.8 Å². The minimum atomic E-state index is -0.564. The predicted molar refractivity (Wildman–Crippen MR) is 71.9 cm³/mol. The molecule has 1 rings (SSSR count). The molecule has 0 bridgehead atoms. The fraction of sp³-hybridized carbons (Fsp3) is 0.462. The molecule has 0 aliphatic rings. The van der Waals surface area contributed by atoms with E-state index in [0.717, 1.165) is 0 Å². The summed E-state index contributed by atoms with van der Waals surface area (Å²) in [7, 11) is 0. The van der Waals surface area contributed by atoms with Crippen molar-refractivity contribution >= 4 is 21.8 Å². The van der Waals surface area contributed by atoms with Crippen LogP contribution in [0.1, 0.15) is 30.6 Å². The maximum Gasteiger partial charge on any atom is 0.254 e. The van der Waals surface area contributed by atoms with Crippen LogP contribution in [0.3, 0.4) is 0 Å². The Kier molecular flexibility index (Phi) is 5.75. The number of aliphatic hydroxyl groups excluding tert-OH is 1. The van der Waals surface area contributed by atoms with Crippen LogP contribution in [0.2, 0.25) is 0 Å². The molecule has 1 unspecified atom stereocenters. The van der Waals surface area contributed by atoms with Gasteiger partial charge in [-0.25, -0.2) is 4.39 Å². The molecule has 0 saturated carbocycles. The second-order valence-electron chi connectivity index (χ2n) is 4.48. The highest BCUT2D eigenvalue weighted by molar-refractivity contribution is 9.10. The molecule has 1 aromatic carbocycles. The Bertz CT molecular complexity index is 423. The molecule has 0 fully saturated rings. The second-order valence-corrected chi connectivity index (χ2v) is 5.40. The Morgan fingerprint density at radius 3 is 2.72 bits per heavy atom. The Balaban J connectivity index is 2.51. The minimum absolute atomic E-state index is 0.0113. The van der Waals surface area contributed by atoms with Crippen LogP contribution in [0.25, 0.3) is 0 Å². The van der Waals surface area contributed by atoms with Crippen LogP contribution in [-0.4, -0.2) is 23.7 Å². The smallest absolute Gasteiger partial charge is 0.254 e. The largest absolute Gasteiger partial charge is 0.393 e. The van der Waals surface area contributed by atoms with Gasteiger partial charge in [0, 0.05) is 11.0 Å². The van der Waals surface area contributed by atoms with Gasteiger partial charge in [-0.2, -0.15) is 0 Å². The molecule has 0 aliphatic heterocycles. The zero-order valence-electron chi connectivity index (χ0n) is 10.4. The molecule has 0 aliphatic carbocycles. The highest BCUT2D eigenvalue weighted by atomic mass is 79.9. The van der Waals surface area contributed by atoms with E-state index in [9.17, 15) is 14.3 Å². The average Bonchev–Trinajstić information content (AvgIpc) is 2.28. The van der Waals surface area contributed by atoms with Crippen LogP contribution in [0.15, 0.2) is 22.7 Å². The van der Waals surface area contributed by atoms with Crippen molar-refractivity contribution in [3.05, 3.63) is 34.1 Å². The first-order valence-corrected chi connectivity index (χ1v) is 6.62. The first-order valence-electron chi connectivity index (χ1n) is 5.83. The normalized spacial score (nSPS) is 12.6. The van der Waals surface area contributed by atoms with Crippen LogP contribution >= 0.6 is 15.9 Å². The van der Waals surface area contributed by atoms with Crippen LogP contribution in [0.4, 0.5) is 4.39 Å². The van der Waals surface area contributed by atoms with Crippen molar-refractivity contribution < 1.29 is 14.3 Å². The van der Waals surface area contributed by atoms with E-state index in [0.29, 0.717) is 17.4 Å². The van der Waals surface area contributed by atoms with Gasteiger partial charge in [0.2, 0.25) is 0 Å². The van der Waals surface area contributed by atoms with Gasteiger partial charge in [-0.15, -0.1) is 0 Å². The number of hydrogen-bond acceptors (Lipinski definition) is 2. The third kappa shape index (κ3) is 4.38. The van der Waals surface area contributed by atoms with Crippen LogP contribution < -0.4 is 5.32 Å². The zero-order chi connectivity index (χ0) is 13.7. The molecule has 0 saturated heterocycles. The maximum atomic E-state index is 13.5. The van der Waals surface area contributed by atoms with Crippen molar-refractivity contribution in [3.63, 3.8) is 0 Å². The van der Waals surface area contributed by atoms with Gasteiger partial charge in [-0.3, -0.25) is 4.79 Å². The summed E-state index contributed by atoms with van der Waals surface area (Å²) >= 11 is 3.13. The molecule has 0 heterocycles. The molecule has 0 spiro atoms. The lowest BCUT2D eigenvalue weighted by Crippen LogP contribution is -2.29. The second kappa shape index (κ2) is 6.85. The molecule has 100 valence electrons. The predicted octanol–water partition coefficient (Wildman–Crippen LogP) is 2.73. The van der Waals surface area contributed by atoms with Gasteiger partial charge in [0.25, 0.3) is 5.91 Å². The van der Waals surface area contributed by atoms with Gasteiger partial charge >= 0.3 is 0 Å². The number of benzene rings is 1. The number of hydrogen-bond donors (Lipinski definition) is 2. The summed E-state index contributed by atoms with van der Waals surface area (Å²) in [5.41, 5.74) is 0.0113. The summed E-state index contributed by atoms with van der Waals surface area (Å²) in [6.45, 7) is 4.13. The molecule has 18 heavy (non-hydrogen) atoms. The number of carbonyl (C=O) groups excluding carboxylic acids is 1. The lowest BCUT2D eigenvalue weighted by molar-refractivity contribution is 0.0916. The summed E-state index contributed by atoms with van der Waals surface area (Å²) in [5, 5.41) is 12.2. The Morgan fingerprint density at radius 1 is 1.50 bits per heavy atom. The van der Waals surface area contributed by atoms with Crippen LogP contribution in [0.5, 0.6) is 0 Å². The number of nitrogens with one attached hydrogen (secondary N) is 1. The molecule has 5 heteroatoms. The zero-order valence-corrected chi connectivity index (χ0v) is 12.0. The number of aliphatic hydroxyl groups is 1. The standard InChI is InChI=1S/C13H17BrFNO2/c1-8(2)12(17)5-6-16-13(18)10-4-3-9(14)7-11(10)15/h3-4,7-8,12,17H,5-6H2,1-2H3,(H,16,18). The monoisotopic (exact) mass is 317 g/mol. The van der Waals surface area contributed by atoms with Crippen molar-refractivity contribution in [2.24, 2.45) is 5.92 Å². The van der Waals surface area contributed by atoms with Gasteiger partial charge in [0.15, 0.2) is 0 Å². The highest BCUT2D eigenvalue weighted by Gasteiger charge is 2.13. The van der Waals surface area contributed by atoms with Crippen LogP contribution in [0, 0.1) is 11.7 Å². The number of halogens is 2. The molecule has 0 radical (unpaired) electrons. The van der Waals surface area contributed by atoms with E-state index >= 15 is 0 Å². The van der Waals surface area contributed by atoms with Gasteiger partial charge < -0.3 is 10.4 Å². The summed E-state index contributed by atoms with van der Waals surface area (Å²) in [6.07, 6.45) is 0.00160. The Hall–Kier alpha value is -0.940. The van der Waals surface area contributed by atoms with E-state index < -0.39 is 17.8 Å². The van der Waals surface area contributed by atoms with Crippen LogP contribution in [-0.2, 0) is 0 Å². The maximum absolute atomic E-state index is 13.5. The first kappa shape index (κ1) is 15.1. The molecule has 3 nitrogen and oxygen atoms in total. The van der Waals surface area contributed by atoms with Crippen molar-refractivity contribution in [2.75, 3.05) is 6.54 Å². The Morgan fingerprint density at radius 2 is 2.17 bits per heavy atom. The molecular weight excluding hydrogens is 301 g/mol. The molecule has 1 atom stereocenters. The lowest BCUT2D eigenvalue weighted by Gasteiger charge is -2.14. The van der Waals surface area contributed by atoms with E-state index in [1.165, 1.54) is 12.1 Å². The SMILES string of the molecule is CC(C)C(O)CCNC(=O)c1ccc(Br)cc1F. The molecule has 1 aromatic rings. The highest BCUT2D eigenvalue weighted by Crippen LogP contribution is 2.15. The van der Waals surface area contributed by atoms with Gasteiger partial charge in [-0.1, -0.05) is 29.8 Å². The molecule has 2 N–H and O–H groups in total. The van der Waals surface area contributed by atoms with Crippen molar-refractivity contribution in [1.29, 1.82) is 0 Å². The summed E-state index contributed by atoms with van der Waals surface area (Å²) in [6, 6.07) is 4.28. The van der Waals surface area contributed by atoms with Gasteiger partial charge in [-0.05, 0) is 30.5 Å². The minimum Gasteiger partial charge on any atom is -0.393 e. The summed E-state index contributed by atoms with van der Waals surface area (Å²) < 4.78 is 14.1. The number of carbonyl (C=O) groups is 1. The first-order chi connectivity index (χ1) is 8.41. The topological polar surface area (TPSA) is 49.3 Å². The number of amides is 1. The summed E-state index contributed by atoms with van der Waals surface area (Å²) in [5.74, 6) is -0.881. The fourth-order valence-electron chi connectivity index (χ4n) is 1.44. The van der Waals surface area contributed by atoms with E-state index in [2.05, 4.69) is 21.2 Å². The molecular formula is C13H17BrFNO2. The third-order valence-corrected chi connectivity index (χ3v) is 3.16. The summed E-state index contributed by atoms with van der Waals surface area (Å²) in [4.78, 5) is 11.7. The van der Waals surface area contributed by atoms with Crippen molar-refractivity contribution in [2.45, 2.75) is 26.4 Å². The fourth-order valence-corrected chi connectivity index (χ4v) is 1.77. The lowest BCUT2D eigenvalue weighted by atomic mass is 10.0. The number of rotatable bonds is 5. The quantitative estimate of drug-likeness (QED) is 0.877. The third-order valence-electron chi connectivity index (χ3n) is 2.67. The molecule has 1 amide bonds. The van der Waals surface area contributed by atoms with Crippen molar-refractivity contribution in [1.82, 2.24) is 5.32 Å². The molecule has 0 aromatic heterocycles. The average molecular weight is 318 g/mol. The van der Waals surface area contributed by atoms with Gasteiger partial charge in [0.05, 0.1) is 11.7 Å². The van der Waals surface area contributed by atoms with E-state index in [-0.39, 0.29) is 11.5 Å². The Labute approximate surface area is 115 Å². The van der Waals surface area contributed by atoms with Gasteiger partial charge in [0.1, 0.15) is 5.82 Å². The van der Waals surface area contributed by atoms with E-state index in [4.69, 9.17) is 0 Å².